The number of ether oxygens (including phenoxy) is 7. The van der Waals surface area contributed by atoms with Crippen LogP contribution in [0.25, 0.3) is 0 Å². The van der Waals surface area contributed by atoms with E-state index in [-0.39, 0.29) is 48.1 Å². The van der Waals surface area contributed by atoms with Gasteiger partial charge in [0, 0.05) is 24.7 Å². The van der Waals surface area contributed by atoms with Crippen molar-refractivity contribution in [2.75, 3.05) is 6.61 Å². The summed E-state index contributed by atoms with van der Waals surface area (Å²) in [6.07, 6.45) is -1.73. The van der Waals surface area contributed by atoms with Crippen LogP contribution in [0.2, 0.25) is 0 Å². The molecule has 45 heavy (non-hydrogen) atoms. The molecule has 6 unspecified atom stereocenters. The summed E-state index contributed by atoms with van der Waals surface area (Å²) in [6, 6.07) is 9.22. The third-order valence-corrected chi connectivity index (χ3v) is 10.4. The molecular formula is C35H53NO9. The molecule has 0 amide bonds. The first-order chi connectivity index (χ1) is 21.5. The van der Waals surface area contributed by atoms with Crippen LogP contribution in [0.1, 0.15) is 74.3 Å². The fourth-order valence-electron chi connectivity index (χ4n) is 6.97. The van der Waals surface area contributed by atoms with Gasteiger partial charge in [-0.3, -0.25) is 4.79 Å². The molecule has 1 aromatic rings. The highest BCUT2D eigenvalue weighted by atomic mass is 16.7. The topological polar surface area (TPSA) is 111 Å². The monoisotopic (exact) mass is 631 g/mol. The second kappa shape index (κ2) is 16.1. The fourth-order valence-corrected chi connectivity index (χ4v) is 6.97. The van der Waals surface area contributed by atoms with Gasteiger partial charge >= 0.3 is 5.97 Å². The zero-order chi connectivity index (χ0) is 32.8. The molecule has 3 aliphatic heterocycles. The van der Waals surface area contributed by atoms with Gasteiger partial charge in [0.25, 0.3) is 0 Å². The van der Waals surface area contributed by atoms with Crippen molar-refractivity contribution in [1.82, 2.24) is 0 Å². The van der Waals surface area contributed by atoms with Crippen LogP contribution in [0.5, 0.6) is 0 Å². The minimum absolute atomic E-state index is 0.0498. The maximum atomic E-state index is 12.0. The highest BCUT2D eigenvalue weighted by molar-refractivity contribution is 5.66. The third-order valence-electron chi connectivity index (χ3n) is 10.4. The molecule has 10 heteroatoms. The van der Waals surface area contributed by atoms with E-state index in [1.54, 1.807) is 6.08 Å². The molecule has 0 radical (unpaired) electrons. The summed E-state index contributed by atoms with van der Waals surface area (Å²) < 4.78 is 44.7. The van der Waals surface area contributed by atoms with Crippen LogP contribution >= 0.6 is 0 Å². The van der Waals surface area contributed by atoms with Crippen LogP contribution in [0.4, 0.5) is 0 Å². The van der Waals surface area contributed by atoms with Gasteiger partial charge in [-0.05, 0) is 37.7 Å². The van der Waals surface area contributed by atoms with E-state index in [9.17, 15) is 9.59 Å². The standard InChI is InChI=1S/C35H53NO9/c1-10-28-23(6)31(41-26(9)38)30(36-18-37)35(42-28)45-33-25(8)40-24(7)22(5)32(33)44-34-21(4)19(2)20(3)29(43-34)17-39-16-27-14-12-11-13-15-27/h11-15,19-25,28-35H,10,16-17H2,1-9H3/t19?,20-,21?,22-,23+,24?,25-,28?,29-,30?,31-,32-,33?,34+,35-/m0/s1. The molecule has 15 atom stereocenters. The van der Waals surface area contributed by atoms with Gasteiger partial charge in [-0.25, -0.2) is 4.79 Å². The van der Waals surface area contributed by atoms with Crippen molar-refractivity contribution in [3.8, 4) is 0 Å². The Morgan fingerprint density at radius 3 is 2.09 bits per heavy atom. The van der Waals surface area contributed by atoms with Crippen LogP contribution in [-0.2, 0) is 49.4 Å². The Kier molecular flexibility index (Phi) is 12.8. The van der Waals surface area contributed by atoms with Gasteiger partial charge < -0.3 is 33.2 Å². The predicted octanol–water partition coefficient (Wildman–Crippen LogP) is 5.46. The maximum absolute atomic E-state index is 12.0. The first-order valence-corrected chi connectivity index (χ1v) is 16.6. The molecule has 0 aromatic heterocycles. The SMILES string of the molecule is CCC1O[C@@H](OC2[C@H](C)OC(C)[C@H](C)[C@@H]2O[C@H]2O[C@@H](COCc3ccccc3)[C@@H](C)C(C)C2C)C(N=C=O)[C@@H](OC(C)=O)[C@@H]1C. The van der Waals surface area contributed by atoms with Gasteiger partial charge in [0.2, 0.25) is 6.08 Å². The van der Waals surface area contributed by atoms with E-state index in [1.165, 1.54) is 6.92 Å². The Bertz CT molecular complexity index is 1130. The second-order valence-electron chi connectivity index (χ2n) is 13.3. The lowest BCUT2D eigenvalue weighted by molar-refractivity contribution is -0.338. The van der Waals surface area contributed by atoms with E-state index in [2.05, 4.69) is 44.8 Å². The Hall–Kier alpha value is -2.17. The zero-order valence-electron chi connectivity index (χ0n) is 28.3. The molecule has 3 saturated heterocycles. The molecule has 3 aliphatic rings. The van der Waals surface area contributed by atoms with Crippen molar-refractivity contribution >= 4 is 12.0 Å². The minimum atomic E-state index is -0.970. The van der Waals surface area contributed by atoms with E-state index < -0.39 is 42.9 Å². The maximum Gasteiger partial charge on any atom is 0.302 e. The van der Waals surface area contributed by atoms with E-state index in [1.807, 2.05) is 45.9 Å². The van der Waals surface area contributed by atoms with Crippen LogP contribution in [-0.4, -0.2) is 80.0 Å². The van der Waals surface area contributed by atoms with E-state index in [0.29, 0.717) is 25.6 Å². The van der Waals surface area contributed by atoms with Crippen LogP contribution in [0, 0.1) is 29.6 Å². The average molecular weight is 632 g/mol. The molecule has 0 bridgehead atoms. The Morgan fingerprint density at radius 2 is 1.44 bits per heavy atom. The third kappa shape index (κ3) is 8.41. The van der Waals surface area contributed by atoms with Gasteiger partial charge in [-0.15, -0.1) is 0 Å². The highest BCUT2D eigenvalue weighted by Crippen LogP contribution is 2.41. The van der Waals surface area contributed by atoms with Gasteiger partial charge in [-0.1, -0.05) is 71.9 Å². The van der Waals surface area contributed by atoms with Crippen molar-refractivity contribution in [1.29, 1.82) is 0 Å². The number of rotatable bonds is 11. The number of hydrogen-bond donors (Lipinski definition) is 0. The fraction of sp³-hybridized carbons (Fsp3) is 0.771. The molecule has 0 N–H and O–H groups in total. The quantitative estimate of drug-likeness (QED) is 0.179. The summed E-state index contributed by atoms with van der Waals surface area (Å²) in [7, 11) is 0. The molecule has 10 nitrogen and oxygen atoms in total. The molecule has 252 valence electrons. The summed E-state index contributed by atoms with van der Waals surface area (Å²) in [5.74, 6) is 0.00228. The molecule has 0 aliphatic carbocycles. The Morgan fingerprint density at radius 1 is 0.778 bits per heavy atom. The van der Waals surface area contributed by atoms with Crippen molar-refractivity contribution in [3.05, 3.63) is 35.9 Å². The number of esters is 1. The minimum Gasteiger partial charge on any atom is -0.460 e. The number of carbonyl (C=O) groups is 1. The first kappa shape index (κ1) is 35.7. The average Bonchev–Trinajstić information content (AvgIpc) is 3.01. The summed E-state index contributed by atoms with van der Waals surface area (Å²) in [6.45, 7) is 18.9. The first-order valence-electron chi connectivity index (χ1n) is 16.6. The van der Waals surface area contributed by atoms with Crippen LogP contribution < -0.4 is 0 Å². The lowest BCUT2D eigenvalue weighted by Crippen LogP contribution is -2.61. The normalized spacial score (nSPS) is 42.0. The Balaban J connectivity index is 1.54. The summed E-state index contributed by atoms with van der Waals surface area (Å²) in [4.78, 5) is 27.6. The number of isocyanates is 1. The van der Waals surface area contributed by atoms with Gasteiger partial charge in [-0.2, -0.15) is 4.99 Å². The number of benzene rings is 1. The van der Waals surface area contributed by atoms with E-state index in [4.69, 9.17) is 33.2 Å². The number of aliphatic imine (C=N–C) groups is 1. The largest absolute Gasteiger partial charge is 0.460 e. The van der Waals surface area contributed by atoms with E-state index >= 15 is 0 Å². The van der Waals surface area contributed by atoms with Crippen LogP contribution in [0.15, 0.2) is 35.3 Å². The van der Waals surface area contributed by atoms with Crippen molar-refractivity contribution in [2.45, 2.75) is 137 Å². The molecular weight excluding hydrogens is 578 g/mol. The molecule has 0 spiro atoms. The summed E-state index contributed by atoms with van der Waals surface area (Å²) >= 11 is 0. The number of hydrogen-bond acceptors (Lipinski definition) is 10. The van der Waals surface area contributed by atoms with E-state index in [0.717, 1.165) is 5.56 Å². The molecule has 4 rings (SSSR count). The smallest absolute Gasteiger partial charge is 0.302 e. The highest BCUT2D eigenvalue weighted by Gasteiger charge is 2.51. The molecule has 1 aromatic carbocycles. The zero-order valence-corrected chi connectivity index (χ0v) is 28.3. The second-order valence-corrected chi connectivity index (χ2v) is 13.3. The molecule has 3 fully saturated rings. The van der Waals surface area contributed by atoms with Gasteiger partial charge in [0.05, 0.1) is 43.7 Å². The molecule has 3 heterocycles. The van der Waals surface area contributed by atoms with Crippen molar-refractivity contribution < 1.29 is 42.7 Å². The Labute approximate surface area is 268 Å². The molecule has 0 saturated carbocycles. The van der Waals surface area contributed by atoms with Gasteiger partial charge in [0.15, 0.2) is 18.6 Å². The summed E-state index contributed by atoms with van der Waals surface area (Å²) in [5, 5.41) is 0. The van der Waals surface area contributed by atoms with Crippen LogP contribution in [0.3, 0.4) is 0 Å². The lowest BCUT2D eigenvalue weighted by atomic mass is 9.79. The van der Waals surface area contributed by atoms with Gasteiger partial charge in [0.1, 0.15) is 12.2 Å². The van der Waals surface area contributed by atoms with Crippen molar-refractivity contribution in [3.63, 3.8) is 0 Å². The predicted molar refractivity (Wildman–Crippen MR) is 167 cm³/mol. The lowest BCUT2D eigenvalue weighted by Gasteiger charge is -2.50. The van der Waals surface area contributed by atoms with Crippen molar-refractivity contribution in [2.24, 2.45) is 34.6 Å². The summed E-state index contributed by atoms with van der Waals surface area (Å²) in [5.41, 5.74) is 1.12. The number of nitrogens with zero attached hydrogens (tertiary/aromatic N) is 1. The number of carbonyl (C=O) groups excluding carboxylic acids is 2.